The zero-order valence-electron chi connectivity index (χ0n) is 9.39. The zero-order chi connectivity index (χ0) is 11.4. The van der Waals surface area contributed by atoms with E-state index in [0.29, 0.717) is 6.54 Å². The van der Waals surface area contributed by atoms with Gasteiger partial charge < -0.3 is 10.6 Å². The first-order valence-corrected chi connectivity index (χ1v) is 6.38. The Bertz CT molecular complexity index is 448. The van der Waals surface area contributed by atoms with Crippen LogP contribution in [-0.2, 0) is 0 Å². The van der Waals surface area contributed by atoms with E-state index in [1.807, 2.05) is 6.07 Å². The smallest absolute Gasteiger partial charge is 0.150 e. The van der Waals surface area contributed by atoms with Gasteiger partial charge in [0.25, 0.3) is 0 Å². The average molecular weight is 236 g/mol. The summed E-state index contributed by atoms with van der Waals surface area (Å²) in [6.45, 7) is 4.65. The topological polar surface area (TPSA) is 55.0 Å². The lowest BCUT2D eigenvalue weighted by atomic mass is 10.3. The summed E-state index contributed by atoms with van der Waals surface area (Å²) in [4.78, 5) is 10.9. The molecule has 0 aliphatic rings. The van der Waals surface area contributed by atoms with Crippen molar-refractivity contribution in [2.45, 2.75) is 13.3 Å². The first kappa shape index (κ1) is 11.3. The van der Waals surface area contributed by atoms with Crippen LogP contribution < -0.4 is 10.6 Å². The van der Waals surface area contributed by atoms with E-state index in [2.05, 4.69) is 27.2 Å². The van der Waals surface area contributed by atoms with Gasteiger partial charge in [0.15, 0.2) is 0 Å². The van der Waals surface area contributed by atoms with E-state index in [1.165, 1.54) is 0 Å². The van der Waals surface area contributed by atoms with Crippen molar-refractivity contribution in [1.29, 1.82) is 0 Å². The minimum absolute atomic E-state index is 0.650. The summed E-state index contributed by atoms with van der Waals surface area (Å²) in [6, 6.07) is 2.03. The van der Waals surface area contributed by atoms with E-state index >= 15 is 0 Å². The van der Waals surface area contributed by atoms with Crippen LogP contribution in [0.3, 0.4) is 0 Å². The Balaban J connectivity index is 2.38. The van der Waals surface area contributed by atoms with Gasteiger partial charge in [-0.05, 0) is 17.9 Å². The Hall–Kier alpha value is -1.20. The molecular weight excluding hydrogens is 220 g/mol. The van der Waals surface area contributed by atoms with E-state index in [1.54, 1.807) is 17.7 Å². The van der Waals surface area contributed by atoms with Gasteiger partial charge in [-0.15, -0.1) is 11.3 Å². The Morgan fingerprint density at radius 1 is 1.38 bits per heavy atom. The molecule has 2 N–H and O–H groups in total. The molecule has 0 saturated carbocycles. The molecule has 0 atom stereocenters. The molecule has 0 spiro atoms. The quantitative estimate of drug-likeness (QED) is 0.861. The third kappa shape index (κ3) is 2.15. The van der Waals surface area contributed by atoms with Crippen LogP contribution in [0, 0.1) is 0 Å². The van der Waals surface area contributed by atoms with Crippen LogP contribution in [0.2, 0.25) is 0 Å². The standard InChI is InChI=1S/C11H16N4S/c1-2-5-15(6-4-12)11-10-9(3-7-16-10)13-8-14-11/h3,7-8H,2,4-6,12H2,1H3. The van der Waals surface area contributed by atoms with E-state index < -0.39 is 0 Å². The molecule has 16 heavy (non-hydrogen) atoms. The summed E-state index contributed by atoms with van der Waals surface area (Å²) in [5.41, 5.74) is 6.66. The summed E-state index contributed by atoms with van der Waals surface area (Å²) in [7, 11) is 0. The molecule has 5 heteroatoms. The Morgan fingerprint density at radius 2 is 2.25 bits per heavy atom. The Kier molecular flexibility index (Phi) is 3.69. The molecule has 0 amide bonds. The molecule has 0 aromatic carbocycles. The molecule has 2 heterocycles. The third-order valence-electron chi connectivity index (χ3n) is 2.42. The second-order valence-electron chi connectivity index (χ2n) is 3.61. The number of hydrogen-bond donors (Lipinski definition) is 1. The van der Waals surface area contributed by atoms with Crippen molar-refractivity contribution in [3.8, 4) is 0 Å². The van der Waals surface area contributed by atoms with Gasteiger partial charge in [-0.1, -0.05) is 6.92 Å². The van der Waals surface area contributed by atoms with Crippen molar-refractivity contribution in [1.82, 2.24) is 9.97 Å². The summed E-state index contributed by atoms with van der Waals surface area (Å²) < 4.78 is 1.16. The maximum atomic E-state index is 5.63. The highest BCUT2D eigenvalue weighted by Crippen LogP contribution is 2.27. The van der Waals surface area contributed by atoms with Crippen LogP contribution in [0.4, 0.5) is 5.82 Å². The largest absolute Gasteiger partial charge is 0.354 e. The molecule has 0 aliphatic heterocycles. The van der Waals surface area contributed by atoms with E-state index in [0.717, 1.165) is 35.5 Å². The molecule has 0 saturated heterocycles. The fourth-order valence-corrected chi connectivity index (χ4v) is 2.61. The molecule has 4 nitrogen and oxygen atoms in total. The van der Waals surface area contributed by atoms with Crippen LogP contribution in [0.5, 0.6) is 0 Å². The van der Waals surface area contributed by atoms with Gasteiger partial charge in [-0.25, -0.2) is 9.97 Å². The molecule has 2 aromatic heterocycles. The van der Waals surface area contributed by atoms with E-state index in [-0.39, 0.29) is 0 Å². The van der Waals surface area contributed by atoms with Crippen LogP contribution in [0.15, 0.2) is 17.8 Å². The number of anilines is 1. The summed E-state index contributed by atoms with van der Waals surface area (Å²) in [5, 5.41) is 2.05. The monoisotopic (exact) mass is 236 g/mol. The summed E-state index contributed by atoms with van der Waals surface area (Å²) >= 11 is 1.69. The van der Waals surface area contributed by atoms with Crippen molar-refractivity contribution in [2.75, 3.05) is 24.5 Å². The minimum Gasteiger partial charge on any atom is -0.354 e. The summed E-state index contributed by atoms with van der Waals surface area (Å²) in [5.74, 6) is 1.02. The fourth-order valence-electron chi connectivity index (χ4n) is 1.75. The molecule has 0 fully saturated rings. The highest BCUT2D eigenvalue weighted by Gasteiger charge is 2.11. The number of fused-ring (bicyclic) bond motifs is 1. The maximum Gasteiger partial charge on any atom is 0.150 e. The first-order chi connectivity index (χ1) is 7.86. The molecule has 0 radical (unpaired) electrons. The molecular formula is C11H16N4S. The summed E-state index contributed by atoms with van der Waals surface area (Å²) in [6.07, 6.45) is 2.72. The van der Waals surface area contributed by atoms with Crippen molar-refractivity contribution in [3.63, 3.8) is 0 Å². The predicted octanol–water partition coefficient (Wildman–Crippen LogP) is 1.87. The van der Waals surface area contributed by atoms with Crippen molar-refractivity contribution in [2.24, 2.45) is 5.73 Å². The lowest BCUT2D eigenvalue weighted by molar-refractivity contribution is 0.754. The number of thiophene rings is 1. The van der Waals surface area contributed by atoms with Crippen molar-refractivity contribution >= 4 is 27.4 Å². The van der Waals surface area contributed by atoms with Crippen molar-refractivity contribution in [3.05, 3.63) is 17.8 Å². The van der Waals surface area contributed by atoms with Crippen LogP contribution in [-0.4, -0.2) is 29.6 Å². The molecule has 86 valence electrons. The van der Waals surface area contributed by atoms with Crippen molar-refractivity contribution < 1.29 is 0 Å². The van der Waals surface area contributed by atoms with Gasteiger partial charge >= 0.3 is 0 Å². The number of rotatable bonds is 5. The van der Waals surface area contributed by atoms with Crippen LogP contribution in [0.1, 0.15) is 13.3 Å². The van der Waals surface area contributed by atoms with Gasteiger partial charge in [0, 0.05) is 19.6 Å². The number of hydrogen-bond acceptors (Lipinski definition) is 5. The second kappa shape index (κ2) is 5.23. The molecule has 2 rings (SSSR count). The van der Waals surface area contributed by atoms with E-state index in [4.69, 9.17) is 5.73 Å². The van der Waals surface area contributed by atoms with Gasteiger partial charge in [0.1, 0.15) is 12.1 Å². The molecule has 2 aromatic rings. The normalized spacial score (nSPS) is 10.9. The minimum atomic E-state index is 0.650. The second-order valence-corrected chi connectivity index (χ2v) is 4.52. The van der Waals surface area contributed by atoms with Gasteiger partial charge in [-0.2, -0.15) is 0 Å². The highest BCUT2D eigenvalue weighted by molar-refractivity contribution is 7.17. The molecule has 0 bridgehead atoms. The van der Waals surface area contributed by atoms with Crippen LogP contribution in [0.25, 0.3) is 10.2 Å². The highest BCUT2D eigenvalue weighted by atomic mass is 32.1. The SMILES string of the molecule is CCCN(CCN)c1ncnc2ccsc12. The zero-order valence-corrected chi connectivity index (χ0v) is 10.2. The average Bonchev–Trinajstić information content (AvgIpc) is 2.76. The molecule has 0 aliphatic carbocycles. The van der Waals surface area contributed by atoms with Crippen LogP contribution >= 0.6 is 11.3 Å². The Morgan fingerprint density at radius 3 is 3.00 bits per heavy atom. The van der Waals surface area contributed by atoms with E-state index in [9.17, 15) is 0 Å². The molecule has 0 unspecified atom stereocenters. The maximum absolute atomic E-state index is 5.63. The lowest BCUT2D eigenvalue weighted by Crippen LogP contribution is -2.30. The Labute approximate surface area is 99.1 Å². The number of nitrogens with zero attached hydrogens (tertiary/aromatic N) is 3. The first-order valence-electron chi connectivity index (χ1n) is 5.50. The predicted molar refractivity (Wildman–Crippen MR) is 69.0 cm³/mol. The lowest BCUT2D eigenvalue weighted by Gasteiger charge is -2.22. The third-order valence-corrected chi connectivity index (χ3v) is 3.32. The van der Waals surface area contributed by atoms with Gasteiger partial charge in [0.2, 0.25) is 0 Å². The number of aromatic nitrogens is 2. The van der Waals surface area contributed by atoms with Gasteiger partial charge in [-0.3, -0.25) is 0 Å². The fraction of sp³-hybridized carbons (Fsp3) is 0.455. The number of nitrogens with two attached hydrogens (primary N) is 1. The van der Waals surface area contributed by atoms with Gasteiger partial charge in [0.05, 0.1) is 10.2 Å².